The number of amides is 1. The number of H-pyrrole nitrogens is 1. The molecule has 0 aliphatic carbocycles. The van der Waals surface area contributed by atoms with Gasteiger partial charge in [0.25, 0.3) is 0 Å². The van der Waals surface area contributed by atoms with Gasteiger partial charge in [0.15, 0.2) is 5.58 Å². The number of carbonyl (C=O) groups excluding carboxylic acids is 1. The summed E-state index contributed by atoms with van der Waals surface area (Å²) in [5.74, 6) is 0.154. The maximum atomic E-state index is 12.2. The Morgan fingerprint density at radius 2 is 2.07 bits per heavy atom. The zero-order chi connectivity index (χ0) is 19.5. The van der Waals surface area contributed by atoms with Crippen LogP contribution in [0.3, 0.4) is 0 Å². The molecule has 0 fully saturated rings. The minimum Gasteiger partial charge on any atom is -0.497 e. The van der Waals surface area contributed by atoms with Crippen LogP contribution in [0.2, 0.25) is 0 Å². The molecule has 0 atom stereocenters. The minimum absolute atomic E-state index is 0.126. The highest BCUT2D eigenvalue weighted by Crippen LogP contribution is 2.25. The van der Waals surface area contributed by atoms with Gasteiger partial charge in [0.05, 0.1) is 23.3 Å². The number of aromatic amines is 1. The summed E-state index contributed by atoms with van der Waals surface area (Å²) in [6, 6.07) is 12.7. The number of rotatable bonds is 6. The largest absolute Gasteiger partial charge is 0.497 e. The highest BCUT2D eigenvalue weighted by atomic mass is 32.1. The summed E-state index contributed by atoms with van der Waals surface area (Å²) in [5, 5.41) is 5.69. The second-order valence-electron chi connectivity index (χ2n) is 6.13. The first-order valence-electron chi connectivity index (χ1n) is 8.62. The quantitative estimate of drug-likeness (QED) is 0.517. The van der Waals surface area contributed by atoms with Gasteiger partial charge in [-0.15, -0.1) is 11.3 Å². The van der Waals surface area contributed by atoms with Crippen LogP contribution >= 0.6 is 11.3 Å². The van der Waals surface area contributed by atoms with E-state index in [2.05, 4.69) is 15.3 Å². The van der Waals surface area contributed by atoms with Gasteiger partial charge in [-0.2, -0.15) is 0 Å². The van der Waals surface area contributed by atoms with Gasteiger partial charge >= 0.3 is 5.76 Å². The van der Waals surface area contributed by atoms with Crippen molar-refractivity contribution in [3.05, 3.63) is 63.4 Å². The van der Waals surface area contributed by atoms with Crippen LogP contribution < -0.4 is 15.8 Å². The molecule has 0 saturated carbocycles. The monoisotopic (exact) mass is 395 g/mol. The number of carbonyl (C=O) groups is 1. The van der Waals surface area contributed by atoms with Crippen molar-refractivity contribution in [2.75, 3.05) is 12.4 Å². The minimum atomic E-state index is -0.519. The number of aromatic nitrogens is 2. The number of aryl methyl sites for hydroxylation is 1. The third-order valence-electron chi connectivity index (χ3n) is 4.21. The lowest BCUT2D eigenvalue weighted by Crippen LogP contribution is -2.12. The average molecular weight is 395 g/mol. The maximum Gasteiger partial charge on any atom is 0.417 e. The van der Waals surface area contributed by atoms with E-state index in [9.17, 15) is 9.59 Å². The second kappa shape index (κ2) is 7.69. The first kappa shape index (κ1) is 18.0. The number of nitrogens with one attached hydrogen (secondary N) is 2. The van der Waals surface area contributed by atoms with Crippen molar-refractivity contribution in [2.45, 2.75) is 12.8 Å². The van der Waals surface area contributed by atoms with Gasteiger partial charge in [-0.05, 0) is 36.4 Å². The third-order valence-corrected chi connectivity index (χ3v) is 5.12. The van der Waals surface area contributed by atoms with E-state index in [-0.39, 0.29) is 5.91 Å². The smallest absolute Gasteiger partial charge is 0.417 e. The molecule has 0 spiro atoms. The van der Waals surface area contributed by atoms with Crippen molar-refractivity contribution in [3.8, 4) is 17.0 Å². The Kier molecular flexibility index (Phi) is 4.94. The summed E-state index contributed by atoms with van der Waals surface area (Å²) in [6.07, 6.45) is 0.860. The van der Waals surface area contributed by atoms with E-state index in [1.165, 1.54) is 11.3 Å². The van der Waals surface area contributed by atoms with Crippen molar-refractivity contribution in [3.63, 3.8) is 0 Å². The van der Waals surface area contributed by atoms with Gasteiger partial charge in [0.1, 0.15) is 5.75 Å². The number of benzene rings is 2. The number of hydrogen-bond donors (Lipinski definition) is 2. The molecule has 0 aliphatic rings. The molecular formula is C20H17N3O4S. The first-order valence-corrected chi connectivity index (χ1v) is 9.50. The van der Waals surface area contributed by atoms with Crippen molar-refractivity contribution >= 4 is 34.0 Å². The normalized spacial score (nSPS) is 10.9. The molecule has 4 rings (SSSR count). The molecule has 142 valence electrons. The summed E-state index contributed by atoms with van der Waals surface area (Å²) in [5.41, 5.74) is 3.48. The molecule has 1 amide bonds. The van der Waals surface area contributed by atoms with E-state index in [1.54, 1.807) is 25.3 Å². The zero-order valence-electron chi connectivity index (χ0n) is 15.0. The van der Waals surface area contributed by atoms with E-state index in [0.717, 1.165) is 22.0 Å². The Bertz CT molecular complexity index is 1170. The molecule has 0 radical (unpaired) electrons. The molecule has 2 aromatic heterocycles. The fourth-order valence-corrected chi connectivity index (χ4v) is 3.59. The zero-order valence-corrected chi connectivity index (χ0v) is 15.8. The van der Waals surface area contributed by atoms with Gasteiger partial charge in [0.2, 0.25) is 5.91 Å². The Morgan fingerprint density at radius 1 is 1.25 bits per heavy atom. The van der Waals surface area contributed by atoms with E-state index in [4.69, 9.17) is 9.15 Å². The highest BCUT2D eigenvalue weighted by Gasteiger charge is 2.09. The van der Waals surface area contributed by atoms with Crippen molar-refractivity contribution in [2.24, 2.45) is 0 Å². The Labute approximate surface area is 164 Å². The van der Waals surface area contributed by atoms with Crippen LogP contribution in [0, 0.1) is 0 Å². The fraction of sp³-hybridized carbons (Fsp3) is 0.150. The van der Waals surface area contributed by atoms with Gasteiger partial charge in [-0.25, -0.2) is 9.78 Å². The molecule has 2 heterocycles. The van der Waals surface area contributed by atoms with Gasteiger partial charge in [0, 0.05) is 35.5 Å². The summed E-state index contributed by atoms with van der Waals surface area (Å²) in [6.45, 7) is 0. The van der Waals surface area contributed by atoms with Crippen LogP contribution in [0.1, 0.15) is 11.4 Å². The predicted molar refractivity (Wildman–Crippen MR) is 108 cm³/mol. The molecule has 0 aliphatic heterocycles. The summed E-state index contributed by atoms with van der Waals surface area (Å²) in [4.78, 5) is 30.6. The van der Waals surface area contributed by atoms with Gasteiger partial charge in [-0.1, -0.05) is 0 Å². The lowest BCUT2D eigenvalue weighted by molar-refractivity contribution is -0.116. The van der Waals surface area contributed by atoms with Gasteiger partial charge in [-0.3, -0.25) is 9.78 Å². The number of anilines is 1. The Balaban J connectivity index is 1.36. The number of thiazole rings is 1. The van der Waals surface area contributed by atoms with Crippen LogP contribution in [0.4, 0.5) is 5.69 Å². The number of nitrogens with zero attached hydrogens (tertiary/aromatic N) is 1. The van der Waals surface area contributed by atoms with Crippen LogP contribution in [-0.4, -0.2) is 23.0 Å². The molecule has 2 N–H and O–H groups in total. The second-order valence-corrected chi connectivity index (χ2v) is 7.07. The summed E-state index contributed by atoms with van der Waals surface area (Å²) < 4.78 is 10.2. The van der Waals surface area contributed by atoms with Crippen LogP contribution in [0.5, 0.6) is 5.75 Å². The molecule has 0 unspecified atom stereocenters. The Morgan fingerprint density at radius 3 is 2.86 bits per heavy atom. The van der Waals surface area contributed by atoms with Crippen LogP contribution in [-0.2, 0) is 11.2 Å². The molecule has 2 aromatic carbocycles. The number of hydrogen-bond acceptors (Lipinski definition) is 6. The van der Waals surface area contributed by atoms with Crippen molar-refractivity contribution < 1.29 is 13.9 Å². The lowest BCUT2D eigenvalue weighted by atomic mass is 10.2. The molecule has 0 saturated heterocycles. The topological polar surface area (TPSA) is 97.2 Å². The van der Waals surface area contributed by atoms with Crippen molar-refractivity contribution in [1.82, 2.24) is 9.97 Å². The first-order chi connectivity index (χ1) is 13.6. The van der Waals surface area contributed by atoms with Crippen molar-refractivity contribution in [1.29, 1.82) is 0 Å². The van der Waals surface area contributed by atoms with E-state index in [0.29, 0.717) is 29.6 Å². The summed E-state index contributed by atoms with van der Waals surface area (Å²) >= 11 is 1.53. The van der Waals surface area contributed by atoms with E-state index < -0.39 is 5.76 Å². The Hall–Kier alpha value is -3.39. The number of methoxy groups -OCH3 is 1. The standard InChI is InChI=1S/C20H17N3O4S/c1-26-14-5-2-12(3-6-14)16-11-28-19(22-16)9-8-18(24)21-13-4-7-15-17(10-13)27-20(25)23-15/h2-7,10-11H,8-9H2,1H3,(H,21,24)(H,23,25). The average Bonchev–Trinajstić information content (AvgIpc) is 3.32. The predicted octanol–water partition coefficient (Wildman–Crippen LogP) is 3.82. The molecule has 28 heavy (non-hydrogen) atoms. The van der Waals surface area contributed by atoms with Crippen LogP contribution in [0.15, 0.2) is 57.1 Å². The van der Waals surface area contributed by atoms with Crippen LogP contribution in [0.25, 0.3) is 22.4 Å². The SMILES string of the molecule is COc1ccc(-c2csc(CCC(=O)Nc3ccc4[nH]c(=O)oc4c3)n2)cc1. The summed E-state index contributed by atoms with van der Waals surface area (Å²) in [7, 11) is 1.63. The molecular weight excluding hydrogens is 378 g/mol. The van der Waals surface area contributed by atoms with Gasteiger partial charge < -0.3 is 14.5 Å². The molecule has 0 bridgehead atoms. The van der Waals surface area contributed by atoms with E-state index in [1.807, 2.05) is 29.6 Å². The molecule has 7 nitrogen and oxygen atoms in total. The third kappa shape index (κ3) is 3.96. The fourth-order valence-electron chi connectivity index (χ4n) is 2.79. The maximum absolute atomic E-state index is 12.2. The molecule has 4 aromatic rings. The highest BCUT2D eigenvalue weighted by molar-refractivity contribution is 7.09. The molecule has 8 heteroatoms. The number of ether oxygens (including phenoxy) is 1. The number of fused-ring (bicyclic) bond motifs is 1. The number of oxazole rings is 1. The lowest BCUT2D eigenvalue weighted by Gasteiger charge is -2.04. The van der Waals surface area contributed by atoms with E-state index >= 15 is 0 Å².